The van der Waals surface area contributed by atoms with Crippen molar-refractivity contribution >= 4 is 34.6 Å². The van der Waals surface area contributed by atoms with Crippen LogP contribution in [0.2, 0.25) is 5.02 Å². The Morgan fingerprint density at radius 2 is 1.95 bits per heavy atom. The Kier molecular flexibility index (Phi) is 4.28. The number of hydrogen-bond donors (Lipinski definition) is 2. The van der Waals surface area contributed by atoms with Crippen molar-refractivity contribution in [1.29, 1.82) is 0 Å². The first-order valence-corrected chi connectivity index (χ1v) is 6.19. The van der Waals surface area contributed by atoms with Crippen LogP contribution in [0.15, 0.2) is 30.3 Å². The Morgan fingerprint density at radius 3 is 2.57 bits per heavy atom. The van der Waals surface area contributed by atoms with Gasteiger partial charge in [-0.15, -0.1) is 0 Å². The van der Waals surface area contributed by atoms with E-state index < -0.39 is 17.6 Å². The van der Waals surface area contributed by atoms with E-state index in [0.29, 0.717) is 0 Å². The number of carbonyl (C=O) groups is 1. The highest BCUT2D eigenvalue weighted by atomic mass is 35.5. The molecule has 2 aromatic carbocycles. The molecule has 0 saturated heterocycles. The topological polar surface area (TPSA) is 64.3 Å². The molecule has 2 aromatic rings. The van der Waals surface area contributed by atoms with Crippen LogP contribution in [0.3, 0.4) is 0 Å². The molecular formula is C14H11ClF2N2O2. The summed E-state index contributed by atoms with van der Waals surface area (Å²) >= 11 is 5.85. The fraction of sp³-hybridized carbons (Fsp3) is 0.0714. The second kappa shape index (κ2) is 5.97. The van der Waals surface area contributed by atoms with Gasteiger partial charge in [0.25, 0.3) is 0 Å². The molecule has 7 heteroatoms. The molecule has 0 aliphatic rings. The lowest BCUT2D eigenvalue weighted by Gasteiger charge is -2.12. The summed E-state index contributed by atoms with van der Waals surface area (Å²) in [6.07, 6.45) is 0. The summed E-state index contributed by atoms with van der Waals surface area (Å²) in [6.45, 7) is 0. The summed E-state index contributed by atoms with van der Waals surface area (Å²) < 4.78 is 31.4. The molecule has 0 fully saturated rings. The summed E-state index contributed by atoms with van der Waals surface area (Å²) in [6, 6.07) is 5.80. The van der Waals surface area contributed by atoms with Crippen LogP contribution < -0.4 is 11.1 Å². The van der Waals surface area contributed by atoms with Crippen molar-refractivity contribution in [3.05, 3.63) is 52.6 Å². The zero-order chi connectivity index (χ0) is 15.6. The third kappa shape index (κ3) is 3.22. The van der Waals surface area contributed by atoms with Crippen LogP contribution >= 0.6 is 11.6 Å². The standard InChI is InChI=1S/C14H11ClF2N2O2/c1-21-14(20)8-5-13(10(17)6-11(8)18)19-12-3-2-7(16)4-9(12)15/h2-6,19H,18H2,1H3. The highest BCUT2D eigenvalue weighted by molar-refractivity contribution is 6.33. The molecule has 0 aliphatic heterocycles. The van der Waals surface area contributed by atoms with E-state index in [4.69, 9.17) is 17.3 Å². The molecule has 0 heterocycles. The quantitative estimate of drug-likeness (QED) is 0.669. The summed E-state index contributed by atoms with van der Waals surface area (Å²) in [5.74, 6) is -1.89. The van der Waals surface area contributed by atoms with Crippen molar-refractivity contribution in [2.45, 2.75) is 0 Å². The minimum Gasteiger partial charge on any atom is -0.465 e. The van der Waals surface area contributed by atoms with Crippen LogP contribution in [0.4, 0.5) is 25.8 Å². The number of ether oxygens (including phenoxy) is 1. The number of halogens is 3. The Bertz CT molecular complexity index is 708. The van der Waals surface area contributed by atoms with Gasteiger partial charge in [-0.25, -0.2) is 13.6 Å². The molecule has 0 aromatic heterocycles. The number of esters is 1. The zero-order valence-electron chi connectivity index (χ0n) is 10.9. The predicted octanol–water partition coefficient (Wildman–Crippen LogP) is 3.73. The molecule has 4 nitrogen and oxygen atoms in total. The van der Waals surface area contributed by atoms with Crippen molar-refractivity contribution in [3.63, 3.8) is 0 Å². The predicted molar refractivity (Wildman–Crippen MR) is 76.8 cm³/mol. The van der Waals surface area contributed by atoms with Crippen LogP contribution in [0.1, 0.15) is 10.4 Å². The van der Waals surface area contributed by atoms with Crippen molar-refractivity contribution in [2.24, 2.45) is 0 Å². The van der Waals surface area contributed by atoms with Gasteiger partial charge in [0.2, 0.25) is 0 Å². The maximum atomic E-state index is 13.9. The van der Waals surface area contributed by atoms with Crippen LogP contribution in [0, 0.1) is 11.6 Å². The van der Waals surface area contributed by atoms with E-state index in [0.717, 1.165) is 12.1 Å². The number of carbonyl (C=O) groups excluding carboxylic acids is 1. The molecule has 0 aliphatic carbocycles. The van der Waals surface area contributed by atoms with E-state index in [1.54, 1.807) is 0 Å². The number of methoxy groups -OCH3 is 1. The highest BCUT2D eigenvalue weighted by Gasteiger charge is 2.15. The number of nitrogen functional groups attached to an aromatic ring is 1. The summed E-state index contributed by atoms with van der Waals surface area (Å²) in [7, 11) is 1.19. The fourth-order valence-corrected chi connectivity index (χ4v) is 1.92. The SMILES string of the molecule is COC(=O)c1cc(Nc2ccc(F)cc2Cl)c(F)cc1N. The van der Waals surface area contributed by atoms with E-state index >= 15 is 0 Å². The van der Waals surface area contributed by atoms with Gasteiger partial charge < -0.3 is 15.8 Å². The van der Waals surface area contributed by atoms with Crippen LogP contribution in [-0.4, -0.2) is 13.1 Å². The van der Waals surface area contributed by atoms with E-state index in [9.17, 15) is 13.6 Å². The molecule has 0 radical (unpaired) electrons. The molecular weight excluding hydrogens is 302 g/mol. The Hall–Kier alpha value is -2.34. The average molecular weight is 313 g/mol. The van der Waals surface area contributed by atoms with Gasteiger partial charge in [-0.2, -0.15) is 0 Å². The second-order valence-corrected chi connectivity index (χ2v) is 4.57. The van der Waals surface area contributed by atoms with Gasteiger partial charge in [0.05, 0.1) is 29.1 Å². The number of hydrogen-bond acceptors (Lipinski definition) is 4. The molecule has 3 N–H and O–H groups in total. The van der Waals surface area contributed by atoms with Crippen molar-refractivity contribution in [2.75, 3.05) is 18.2 Å². The third-order valence-corrected chi connectivity index (χ3v) is 3.06. The van der Waals surface area contributed by atoms with Gasteiger partial charge in [0, 0.05) is 5.69 Å². The number of benzene rings is 2. The Labute approximate surface area is 124 Å². The molecule has 110 valence electrons. The van der Waals surface area contributed by atoms with E-state index in [1.807, 2.05) is 0 Å². The third-order valence-electron chi connectivity index (χ3n) is 2.74. The Balaban J connectivity index is 2.42. The van der Waals surface area contributed by atoms with E-state index in [1.165, 1.54) is 25.3 Å². The number of nitrogens with one attached hydrogen (secondary N) is 1. The zero-order valence-corrected chi connectivity index (χ0v) is 11.7. The summed E-state index contributed by atoms with van der Waals surface area (Å²) in [5, 5.41) is 2.75. The molecule has 0 bridgehead atoms. The monoisotopic (exact) mass is 312 g/mol. The van der Waals surface area contributed by atoms with Gasteiger partial charge in [-0.3, -0.25) is 0 Å². The van der Waals surface area contributed by atoms with E-state index in [2.05, 4.69) is 10.1 Å². The normalized spacial score (nSPS) is 10.3. The van der Waals surface area contributed by atoms with Gasteiger partial charge >= 0.3 is 5.97 Å². The molecule has 0 spiro atoms. The van der Waals surface area contributed by atoms with Crippen molar-refractivity contribution < 1.29 is 18.3 Å². The molecule has 0 amide bonds. The maximum absolute atomic E-state index is 13.9. The summed E-state index contributed by atoms with van der Waals surface area (Å²) in [5.41, 5.74) is 5.79. The van der Waals surface area contributed by atoms with Crippen molar-refractivity contribution in [3.8, 4) is 0 Å². The highest BCUT2D eigenvalue weighted by Crippen LogP contribution is 2.30. The molecule has 21 heavy (non-hydrogen) atoms. The lowest BCUT2D eigenvalue weighted by Crippen LogP contribution is -2.08. The van der Waals surface area contributed by atoms with Gasteiger partial charge in [0.1, 0.15) is 11.6 Å². The Morgan fingerprint density at radius 1 is 1.24 bits per heavy atom. The lowest BCUT2D eigenvalue weighted by molar-refractivity contribution is 0.0602. The number of rotatable bonds is 3. The van der Waals surface area contributed by atoms with Crippen molar-refractivity contribution in [1.82, 2.24) is 0 Å². The maximum Gasteiger partial charge on any atom is 0.340 e. The van der Waals surface area contributed by atoms with Crippen LogP contribution in [-0.2, 0) is 4.74 Å². The van der Waals surface area contributed by atoms with Gasteiger partial charge in [-0.1, -0.05) is 11.6 Å². The average Bonchev–Trinajstić information content (AvgIpc) is 2.43. The number of anilines is 3. The molecule has 0 unspecified atom stereocenters. The van der Waals surface area contributed by atoms with Gasteiger partial charge in [0.15, 0.2) is 0 Å². The summed E-state index contributed by atoms with van der Waals surface area (Å²) in [4.78, 5) is 11.5. The minimum absolute atomic E-state index is 0.0136. The van der Waals surface area contributed by atoms with Crippen LogP contribution in [0.5, 0.6) is 0 Å². The first kappa shape index (κ1) is 15.1. The first-order chi connectivity index (χ1) is 9.92. The molecule has 2 rings (SSSR count). The lowest BCUT2D eigenvalue weighted by atomic mass is 10.1. The first-order valence-electron chi connectivity index (χ1n) is 5.81. The fourth-order valence-electron chi connectivity index (χ4n) is 1.71. The van der Waals surface area contributed by atoms with E-state index in [-0.39, 0.29) is 27.6 Å². The van der Waals surface area contributed by atoms with Gasteiger partial charge in [-0.05, 0) is 30.3 Å². The smallest absolute Gasteiger partial charge is 0.340 e. The largest absolute Gasteiger partial charge is 0.465 e. The second-order valence-electron chi connectivity index (χ2n) is 4.16. The van der Waals surface area contributed by atoms with Crippen LogP contribution in [0.25, 0.3) is 0 Å². The minimum atomic E-state index is -0.694. The molecule has 0 saturated carbocycles. The molecule has 0 atom stereocenters. The number of nitrogens with two attached hydrogens (primary N) is 1.